The van der Waals surface area contributed by atoms with E-state index >= 15 is 0 Å². The Morgan fingerprint density at radius 3 is 2.25 bits per heavy atom. The van der Waals surface area contributed by atoms with E-state index in [9.17, 15) is 45.6 Å². The molecule has 3 aromatic rings. The van der Waals surface area contributed by atoms with Gasteiger partial charge in [-0.05, 0) is 53.6 Å². The van der Waals surface area contributed by atoms with Crippen molar-refractivity contribution in [1.29, 1.82) is 0 Å². The fourth-order valence-corrected chi connectivity index (χ4v) is 6.65. The lowest BCUT2D eigenvalue weighted by Crippen LogP contribution is -2.62. The highest BCUT2D eigenvalue weighted by atomic mass is 16.8. The highest BCUT2D eigenvalue weighted by molar-refractivity contribution is 5.87. The van der Waals surface area contributed by atoms with E-state index in [0.717, 1.165) is 6.08 Å². The number of benzene rings is 3. The molecule has 3 aliphatic heterocycles. The van der Waals surface area contributed by atoms with Crippen molar-refractivity contribution >= 4 is 12.0 Å². The summed E-state index contributed by atoms with van der Waals surface area (Å²) in [7, 11) is 4.18. The summed E-state index contributed by atoms with van der Waals surface area (Å²) in [6.45, 7) is -2.30. The lowest BCUT2D eigenvalue weighted by atomic mass is 9.90. The van der Waals surface area contributed by atoms with E-state index in [-0.39, 0.29) is 35.4 Å². The maximum absolute atomic E-state index is 12.8. The summed E-state index contributed by atoms with van der Waals surface area (Å²) >= 11 is 0. The summed E-state index contributed by atoms with van der Waals surface area (Å²) in [5.41, 5.74) is -0.440. The molecule has 8 N–H and O–H groups in total. The third-order valence-electron chi connectivity index (χ3n) is 9.77. The van der Waals surface area contributed by atoms with Gasteiger partial charge in [-0.2, -0.15) is 0 Å². The highest BCUT2D eigenvalue weighted by Gasteiger charge is 2.54. The van der Waals surface area contributed by atoms with Crippen LogP contribution in [-0.2, 0) is 23.7 Å². The Balaban J connectivity index is 1.10. The molecule has 3 heterocycles. The van der Waals surface area contributed by atoms with E-state index < -0.39 is 86.5 Å². The second-order valence-corrected chi connectivity index (χ2v) is 13.3. The summed E-state index contributed by atoms with van der Waals surface area (Å²) < 4.78 is 50.0. The first-order chi connectivity index (χ1) is 26.8. The van der Waals surface area contributed by atoms with Gasteiger partial charge < -0.3 is 83.5 Å². The van der Waals surface area contributed by atoms with Crippen LogP contribution in [-0.4, -0.2) is 143 Å². The van der Waals surface area contributed by atoms with Crippen LogP contribution in [0.15, 0.2) is 54.6 Å². The Labute approximate surface area is 320 Å². The lowest BCUT2D eigenvalue weighted by molar-refractivity contribution is -0.318. The van der Waals surface area contributed by atoms with E-state index in [4.69, 9.17) is 42.6 Å². The summed E-state index contributed by atoms with van der Waals surface area (Å²) in [6, 6.07) is 12.0. The number of fused-ring (bicyclic) bond motifs is 1. The van der Waals surface area contributed by atoms with Crippen LogP contribution in [0.25, 0.3) is 6.08 Å². The van der Waals surface area contributed by atoms with Crippen molar-refractivity contribution < 1.29 is 88.3 Å². The van der Waals surface area contributed by atoms with Gasteiger partial charge in [-0.15, -0.1) is 0 Å². The number of ether oxygens (including phenoxy) is 9. The molecule has 56 heavy (non-hydrogen) atoms. The van der Waals surface area contributed by atoms with Gasteiger partial charge >= 0.3 is 5.97 Å². The van der Waals surface area contributed by atoms with E-state index in [0.29, 0.717) is 28.2 Å². The van der Waals surface area contributed by atoms with Crippen molar-refractivity contribution in [3.63, 3.8) is 0 Å². The van der Waals surface area contributed by atoms with Crippen LogP contribution in [0.1, 0.15) is 28.7 Å². The zero-order chi connectivity index (χ0) is 40.3. The topological polar surface area (TPSA) is 262 Å². The number of carbonyl (C=O) groups is 1. The SMILES string of the molecule is COc1cc(O[C@H]2O[C@@H](CO)[C@@H](O)[C@H](O)[C@@H]2O[C@H]2OC[C@](O)(COC(=O)C=Cc3cc(OC)c4c(c3)[C@@H](CO)[C@H](c3ccc(O)c(OC)c3)O4)[C@H]2O)ccc1O. The Kier molecular flexibility index (Phi) is 12.4. The fraction of sp³-hybridized carbons (Fsp3) is 0.447. The van der Waals surface area contributed by atoms with Gasteiger partial charge in [0.25, 0.3) is 0 Å². The van der Waals surface area contributed by atoms with Gasteiger partial charge in [-0.3, -0.25) is 0 Å². The molecule has 0 bridgehead atoms. The van der Waals surface area contributed by atoms with Crippen LogP contribution in [0.3, 0.4) is 0 Å². The molecular formula is C38H44O18. The van der Waals surface area contributed by atoms with Gasteiger partial charge in [-0.1, -0.05) is 6.07 Å². The Morgan fingerprint density at radius 2 is 1.57 bits per heavy atom. The Hall–Kier alpha value is -4.89. The number of phenols is 2. The number of methoxy groups -OCH3 is 3. The minimum Gasteiger partial charge on any atom is -0.504 e. The van der Waals surface area contributed by atoms with Crippen LogP contribution in [0, 0.1) is 0 Å². The van der Waals surface area contributed by atoms with Gasteiger partial charge in [0.2, 0.25) is 6.29 Å². The van der Waals surface area contributed by atoms with E-state index in [1.54, 1.807) is 24.3 Å². The zero-order valence-electron chi connectivity index (χ0n) is 30.5. The molecule has 304 valence electrons. The molecule has 3 aromatic carbocycles. The van der Waals surface area contributed by atoms with Crippen LogP contribution in [0.5, 0.6) is 40.2 Å². The molecule has 0 aliphatic carbocycles. The Morgan fingerprint density at radius 1 is 0.875 bits per heavy atom. The molecule has 18 heteroatoms. The van der Waals surface area contributed by atoms with E-state index in [1.165, 1.54) is 51.7 Å². The molecule has 0 saturated carbocycles. The molecular weight excluding hydrogens is 744 g/mol. The highest BCUT2D eigenvalue weighted by Crippen LogP contribution is 2.51. The molecule has 0 radical (unpaired) electrons. The summed E-state index contributed by atoms with van der Waals surface area (Å²) in [6.07, 6.45) is -9.36. The van der Waals surface area contributed by atoms with Crippen molar-refractivity contribution in [2.45, 2.75) is 60.7 Å². The van der Waals surface area contributed by atoms with Crippen LogP contribution >= 0.6 is 0 Å². The average Bonchev–Trinajstić information content (AvgIpc) is 3.72. The molecule has 0 aromatic heterocycles. The lowest BCUT2D eigenvalue weighted by Gasteiger charge is -2.42. The van der Waals surface area contributed by atoms with Crippen LogP contribution in [0.4, 0.5) is 0 Å². The van der Waals surface area contributed by atoms with Gasteiger partial charge in [0.05, 0.1) is 47.1 Å². The van der Waals surface area contributed by atoms with Crippen molar-refractivity contribution in [1.82, 2.24) is 0 Å². The molecule has 2 saturated heterocycles. The largest absolute Gasteiger partial charge is 0.504 e. The van der Waals surface area contributed by atoms with E-state index in [2.05, 4.69) is 0 Å². The average molecular weight is 789 g/mol. The smallest absolute Gasteiger partial charge is 0.330 e. The number of rotatable bonds is 14. The number of hydrogen-bond donors (Lipinski definition) is 8. The number of aliphatic hydroxyl groups is 6. The van der Waals surface area contributed by atoms with Crippen molar-refractivity contribution in [2.24, 2.45) is 0 Å². The first-order valence-corrected chi connectivity index (χ1v) is 17.4. The second-order valence-electron chi connectivity index (χ2n) is 13.3. The third kappa shape index (κ3) is 8.15. The summed E-state index contributed by atoms with van der Waals surface area (Å²) in [5.74, 6) is -0.579. The summed E-state index contributed by atoms with van der Waals surface area (Å²) in [4.78, 5) is 12.8. The number of esters is 1. The number of hydrogen-bond acceptors (Lipinski definition) is 18. The molecule has 0 amide bonds. The maximum atomic E-state index is 12.8. The van der Waals surface area contributed by atoms with Crippen molar-refractivity contribution in [3.8, 4) is 40.2 Å². The molecule has 18 nitrogen and oxygen atoms in total. The van der Waals surface area contributed by atoms with Crippen molar-refractivity contribution in [2.75, 3.05) is 47.8 Å². The van der Waals surface area contributed by atoms with Gasteiger partial charge in [0.15, 0.2) is 52.5 Å². The monoisotopic (exact) mass is 788 g/mol. The normalized spacial score (nSPS) is 29.8. The zero-order valence-corrected chi connectivity index (χ0v) is 30.5. The minimum absolute atomic E-state index is 0.0535. The van der Waals surface area contributed by atoms with Crippen LogP contribution < -0.4 is 23.7 Å². The Bertz CT molecular complexity index is 1890. The molecule has 3 aliphatic rings. The number of aromatic hydroxyl groups is 2. The third-order valence-corrected chi connectivity index (χ3v) is 9.77. The first kappa shape index (κ1) is 40.8. The van der Waals surface area contributed by atoms with E-state index in [1.807, 2.05) is 0 Å². The second kappa shape index (κ2) is 17.1. The number of carbonyl (C=O) groups excluding carboxylic acids is 1. The molecule has 0 unspecified atom stereocenters. The predicted octanol–water partition coefficient (Wildman–Crippen LogP) is 0.241. The summed E-state index contributed by atoms with van der Waals surface area (Å²) in [5, 5.41) is 83.7. The quantitative estimate of drug-likeness (QED) is 0.0804. The van der Waals surface area contributed by atoms with Crippen molar-refractivity contribution in [3.05, 3.63) is 71.3 Å². The number of phenolic OH excluding ortho intramolecular Hbond substituents is 2. The predicted molar refractivity (Wildman–Crippen MR) is 189 cm³/mol. The van der Waals surface area contributed by atoms with Gasteiger partial charge in [0, 0.05) is 17.7 Å². The molecule has 0 spiro atoms. The van der Waals surface area contributed by atoms with Gasteiger partial charge in [-0.25, -0.2) is 4.79 Å². The minimum atomic E-state index is -2.17. The molecule has 10 atom stereocenters. The standard InChI is InChI=1S/C38H44O18/c1-48-25-12-19(5-7-23(25)41)32-22(14-39)21-10-18(11-27(50-3)33(21)55-32)4-9-29(43)51-16-38(47)17-52-37(35(38)46)56-34-31(45)30(44)28(15-40)54-36(34)53-20-6-8-24(42)26(13-20)49-2/h4-13,22,28,30-32,34-37,39-42,44-47H,14-17H2,1-3H3/t22-,28+,30-,31+,32+,34+,35+,36+,37-,38-/m1/s1. The fourth-order valence-electron chi connectivity index (χ4n) is 6.65. The maximum Gasteiger partial charge on any atom is 0.330 e. The molecule has 6 rings (SSSR count). The first-order valence-electron chi connectivity index (χ1n) is 17.4. The molecule has 2 fully saturated rings. The van der Waals surface area contributed by atoms with Crippen LogP contribution in [0.2, 0.25) is 0 Å². The number of aliphatic hydroxyl groups excluding tert-OH is 5. The van der Waals surface area contributed by atoms with Gasteiger partial charge in [0.1, 0.15) is 42.9 Å².